The van der Waals surface area contributed by atoms with Crippen LogP contribution in [0.15, 0.2) is 54.6 Å². The molecular formula is C27H30N6O. The second-order valence-corrected chi connectivity index (χ2v) is 9.13. The lowest BCUT2D eigenvalue weighted by Crippen LogP contribution is -2.40. The highest BCUT2D eigenvalue weighted by Gasteiger charge is 2.28. The predicted molar refractivity (Wildman–Crippen MR) is 134 cm³/mol. The number of fused-ring (bicyclic) bond motifs is 1. The maximum Gasteiger partial charge on any atom is 0.223 e. The van der Waals surface area contributed by atoms with E-state index in [1.165, 1.54) is 5.56 Å². The topological polar surface area (TPSA) is 75.9 Å². The van der Waals surface area contributed by atoms with Gasteiger partial charge in [-0.3, -0.25) is 4.79 Å². The van der Waals surface area contributed by atoms with Crippen molar-refractivity contribution in [1.82, 2.24) is 25.3 Å². The summed E-state index contributed by atoms with van der Waals surface area (Å²) in [5.41, 5.74) is 6.17. The van der Waals surface area contributed by atoms with Gasteiger partial charge in [0, 0.05) is 25.6 Å². The Hall–Kier alpha value is -3.74. The first kappa shape index (κ1) is 22.1. The van der Waals surface area contributed by atoms with Crippen LogP contribution in [-0.4, -0.2) is 39.0 Å². The summed E-state index contributed by atoms with van der Waals surface area (Å²) in [6, 6.07) is 18.4. The Morgan fingerprint density at radius 2 is 1.68 bits per heavy atom. The number of piperidine rings is 1. The third-order valence-electron chi connectivity index (χ3n) is 6.74. The molecule has 0 unspecified atom stereocenters. The highest BCUT2D eigenvalue weighted by atomic mass is 16.1. The Bertz CT molecular complexity index is 1300. The van der Waals surface area contributed by atoms with Crippen LogP contribution in [-0.2, 0) is 11.3 Å². The second-order valence-electron chi connectivity index (χ2n) is 9.13. The summed E-state index contributed by atoms with van der Waals surface area (Å²) in [7, 11) is 0. The second kappa shape index (κ2) is 9.25. The molecule has 1 saturated heterocycles. The van der Waals surface area contributed by atoms with E-state index in [0.717, 1.165) is 65.3 Å². The zero-order valence-corrected chi connectivity index (χ0v) is 20.0. The largest absolute Gasteiger partial charge is 0.353 e. The normalized spacial score (nSPS) is 14.5. The average molecular weight is 455 g/mol. The lowest BCUT2D eigenvalue weighted by molar-refractivity contribution is -0.125. The first-order valence-corrected chi connectivity index (χ1v) is 11.9. The number of benzene rings is 2. The summed E-state index contributed by atoms with van der Waals surface area (Å²) in [4.78, 5) is 15.0. The van der Waals surface area contributed by atoms with Gasteiger partial charge in [-0.05, 0) is 51.3 Å². The molecule has 0 bridgehead atoms. The van der Waals surface area contributed by atoms with Gasteiger partial charge in [0.05, 0.1) is 22.5 Å². The molecule has 3 heterocycles. The Labute approximate surface area is 199 Å². The van der Waals surface area contributed by atoms with Crippen molar-refractivity contribution < 1.29 is 4.79 Å². The quantitative estimate of drug-likeness (QED) is 0.487. The number of amides is 1. The van der Waals surface area contributed by atoms with Gasteiger partial charge in [-0.25, -0.2) is 4.68 Å². The standard InChI is InChI=1S/C27H30N6O/c1-18-9-11-23(12-10-18)33-20(3)24-19(2)29-30-26(25(24)31-33)32-15-13-22(14-16-32)27(34)28-17-21-7-5-4-6-8-21/h4-12,22H,13-17H2,1-3H3,(H,28,34). The van der Waals surface area contributed by atoms with E-state index in [1.54, 1.807) is 0 Å². The Morgan fingerprint density at radius 3 is 2.38 bits per heavy atom. The Kier molecular flexibility index (Phi) is 6.01. The first-order chi connectivity index (χ1) is 16.5. The average Bonchev–Trinajstić information content (AvgIpc) is 3.22. The van der Waals surface area contributed by atoms with E-state index in [9.17, 15) is 4.79 Å². The molecule has 0 radical (unpaired) electrons. The van der Waals surface area contributed by atoms with E-state index >= 15 is 0 Å². The number of hydrogen-bond acceptors (Lipinski definition) is 5. The number of carbonyl (C=O) groups excluding carboxylic acids is 1. The fraction of sp³-hybridized carbons (Fsp3) is 0.333. The minimum atomic E-state index is 0.0145. The number of hydrogen-bond donors (Lipinski definition) is 1. The van der Waals surface area contributed by atoms with Crippen LogP contribution in [0.1, 0.15) is 35.4 Å². The molecule has 4 aromatic rings. The third-order valence-corrected chi connectivity index (χ3v) is 6.74. The molecule has 0 atom stereocenters. The van der Waals surface area contributed by atoms with Crippen molar-refractivity contribution in [3.8, 4) is 5.69 Å². The molecular weight excluding hydrogens is 424 g/mol. The Balaban J connectivity index is 1.33. The number of nitrogens with zero attached hydrogens (tertiary/aromatic N) is 5. The molecule has 0 aliphatic carbocycles. The van der Waals surface area contributed by atoms with E-state index in [1.807, 2.05) is 41.9 Å². The summed E-state index contributed by atoms with van der Waals surface area (Å²) in [5.74, 6) is 0.946. The molecule has 1 N–H and O–H groups in total. The van der Waals surface area contributed by atoms with Crippen LogP contribution in [0.3, 0.4) is 0 Å². The molecule has 5 rings (SSSR count). The number of anilines is 1. The maximum absolute atomic E-state index is 12.7. The zero-order chi connectivity index (χ0) is 23.7. The van der Waals surface area contributed by atoms with Gasteiger partial charge in [0.25, 0.3) is 0 Å². The van der Waals surface area contributed by atoms with Gasteiger partial charge in [-0.1, -0.05) is 48.0 Å². The van der Waals surface area contributed by atoms with Crippen molar-refractivity contribution in [2.45, 2.75) is 40.2 Å². The van der Waals surface area contributed by atoms with Crippen molar-refractivity contribution in [2.75, 3.05) is 18.0 Å². The smallest absolute Gasteiger partial charge is 0.223 e. The van der Waals surface area contributed by atoms with Crippen molar-refractivity contribution in [3.63, 3.8) is 0 Å². The van der Waals surface area contributed by atoms with Crippen molar-refractivity contribution in [1.29, 1.82) is 0 Å². The molecule has 2 aromatic heterocycles. The highest BCUT2D eigenvalue weighted by Crippen LogP contribution is 2.31. The molecule has 174 valence electrons. The molecule has 1 aliphatic rings. The molecule has 7 heteroatoms. The SMILES string of the molecule is Cc1ccc(-n2nc3c(N4CCC(C(=O)NCc5ccccc5)CC4)nnc(C)c3c2C)cc1. The van der Waals surface area contributed by atoms with Gasteiger partial charge < -0.3 is 10.2 Å². The zero-order valence-electron chi connectivity index (χ0n) is 20.0. The minimum Gasteiger partial charge on any atom is -0.353 e. The fourth-order valence-corrected chi connectivity index (χ4v) is 4.74. The van der Waals surface area contributed by atoms with Crippen LogP contribution in [0, 0.1) is 26.7 Å². The monoisotopic (exact) mass is 454 g/mol. The van der Waals surface area contributed by atoms with Crippen LogP contribution in [0.4, 0.5) is 5.82 Å². The molecule has 0 spiro atoms. The summed E-state index contributed by atoms with van der Waals surface area (Å²) in [6.07, 6.45) is 1.57. The van der Waals surface area contributed by atoms with Gasteiger partial charge in [0.15, 0.2) is 5.82 Å². The Morgan fingerprint density at radius 1 is 0.971 bits per heavy atom. The van der Waals surface area contributed by atoms with E-state index in [-0.39, 0.29) is 11.8 Å². The van der Waals surface area contributed by atoms with Gasteiger partial charge >= 0.3 is 0 Å². The lowest BCUT2D eigenvalue weighted by Gasteiger charge is -2.32. The van der Waals surface area contributed by atoms with E-state index in [0.29, 0.717) is 6.54 Å². The number of carbonyl (C=O) groups is 1. The van der Waals surface area contributed by atoms with Crippen LogP contribution >= 0.6 is 0 Å². The number of aryl methyl sites for hydroxylation is 3. The van der Waals surface area contributed by atoms with Crippen molar-refractivity contribution in [3.05, 3.63) is 77.1 Å². The van der Waals surface area contributed by atoms with Crippen LogP contribution in [0.2, 0.25) is 0 Å². The predicted octanol–water partition coefficient (Wildman–Crippen LogP) is 4.27. The lowest BCUT2D eigenvalue weighted by atomic mass is 9.95. The summed E-state index contributed by atoms with van der Waals surface area (Å²) < 4.78 is 1.98. The van der Waals surface area contributed by atoms with E-state index < -0.39 is 0 Å². The van der Waals surface area contributed by atoms with Crippen molar-refractivity contribution >= 4 is 22.6 Å². The number of rotatable bonds is 5. The van der Waals surface area contributed by atoms with Crippen LogP contribution in [0.5, 0.6) is 0 Å². The van der Waals surface area contributed by atoms with E-state index in [2.05, 4.69) is 58.5 Å². The summed E-state index contributed by atoms with van der Waals surface area (Å²) in [6.45, 7) is 8.23. The molecule has 1 fully saturated rings. The van der Waals surface area contributed by atoms with Gasteiger partial charge in [-0.15, -0.1) is 5.10 Å². The molecule has 34 heavy (non-hydrogen) atoms. The summed E-state index contributed by atoms with van der Waals surface area (Å²) >= 11 is 0. The number of nitrogens with one attached hydrogen (secondary N) is 1. The first-order valence-electron chi connectivity index (χ1n) is 11.9. The van der Waals surface area contributed by atoms with Crippen molar-refractivity contribution in [2.24, 2.45) is 5.92 Å². The number of aromatic nitrogens is 4. The fourth-order valence-electron chi connectivity index (χ4n) is 4.74. The van der Waals surface area contributed by atoms with E-state index in [4.69, 9.17) is 5.10 Å². The van der Waals surface area contributed by atoms with Crippen LogP contribution < -0.4 is 10.2 Å². The molecule has 1 amide bonds. The molecule has 0 saturated carbocycles. The highest BCUT2D eigenvalue weighted by molar-refractivity contribution is 5.92. The molecule has 2 aromatic carbocycles. The minimum absolute atomic E-state index is 0.0145. The summed E-state index contributed by atoms with van der Waals surface area (Å²) in [5, 5.41) is 18.1. The van der Waals surface area contributed by atoms with Crippen LogP contribution in [0.25, 0.3) is 16.6 Å². The molecule has 7 nitrogen and oxygen atoms in total. The van der Waals surface area contributed by atoms with Gasteiger partial charge in [-0.2, -0.15) is 10.2 Å². The maximum atomic E-state index is 12.7. The van der Waals surface area contributed by atoms with Gasteiger partial charge in [0.2, 0.25) is 5.91 Å². The van der Waals surface area contributed by atoms with Gasteiger partial charge in [0.1, 0.15) is 5.52 Å². The molecule has 1 aliphatic heterocycles. The third kappa shape index (κ3) is 4.25.